The normalized spacial score (nSPS) is 23.9. The largest absolute Gasteiger partial charge is 0.494 e. The van der Waals surface area contributed by atoms with E-state index in [0.717, 1.165) is 12.8 Å². The van der Waals surface area contributed by atoms with E-state index in [2.05, 4.69) is 5.32 Å². The first-order chi connectivity index (χ1) is 12.6. The van der Waals surface area contributed by atoms with Gasteiger partial charge in [-0.3, -0.25) is 9.59 Å². The van der Waals surface area contributed by atoms with E-state index in [0.29, 0.717) is 17.0 Å². The lowest BCUT2D eigenvalue weighted by atomic mass is 10.0. The van der Waals surface area contributed by atoms with Crippen molar-refractivity contribution in [2.75, 3.05) is 13.7 Å². The van der Waals surface area contributed by atoms with Crippen LogP contribution in [-0.4, -0.2) is 42.5 Å². The monoisotopic (exact) mass is 374 g/mol. The van der Waals surface area contributed by atoms with Gasteiger partial charge in [0, 0.05) is 24.2 Å². The van der Waals surface area contributed by atoms with Gasteiger partial charge < -0.3 is 15.0 Å². The summed E-state index contributed by atoms with van der Waals surface area (Å²) in [5.41, 5.74) is 0.329. The third-order valence-corrected chi connectivity index (χ3v) is 6.13. The highest BCUT2D eigenvalue weighted by Gasteiger charge is 2.47. The summed E-state index contributed by atoms with van der Waals surface area (Å²) in [6, 6.07) is 8.13. The predicted octanol–water partition coefficient (Wildman–Crippen LogP) is 2.93. The molecule has 2 aromatic rings. The molecule has 0 radical (unpaired) electrons. The minimum atomic E-state index is -0.538. The zero-order valence-corrected chi connectivity index (χ0v) is 15.1. The number of benzene rings is 1. The van der Waals surface area contributed by atoms with Gasteiger partial charge in [0.2, 0.25) is 0 Å². The number of thiophene rings is 1. The summed E-state index contributed by atoms with van der Waals surface area (Å²) in [5, 5.41) is 4.97. The molecule has 1 N–H and O–H groups in total. The number of rotatable bonds is 4. The van der Waals surface area contributed by atoms with Crippen LogP contribution in [0.4, 0.5) is 4.39 Å². The number of nitrogens with one attached hydrogen (secondary N) is 1. The summed E-state index contributed by atoms with van der Waals surface area (Å²) < 4.78 is 18.8. The van der Waals surface area contributed by atoms with Crippen molar-refractivity contribution in [1.82, 2.24) is 10.2 Å². The highest BCUT2D eigenvalue weighted by Crippen LogP contribution is 2.39. The molecular weight excluding hydrogens is 355 g/mol. The average molecular weight is 374 g/mol. The molecule has 1 aliphatic heterocycles. The zero-order chi connectivity index (χ0) is 18.3. The molecule has 5 nitrogen and oxygen atoms in total. The lowest BCUT2D eigenvalue weighted by Gasteiger charge is -2.32. The SMILES string of the molecule is COc1ccc(C(=O)N2C[C@@H]3C[C@H]2C[C@@H]3NC(=O)c2cccs2)cc1F. The van der Waals surface area contributed by atoms with Crippen LogP contribution in [0.1, 0.15) is 32.9 Å². The number of piperidine rings is 1. The molecule has 2 bridgehead atoms. The Morgan fingerprint density at radius 3 is 2.77 bits per heavy atom. The van der Waals surface area contributed by atoms with Gasteiger partial charge in [-0.2, -0.15) is 0 Å². The number of amides is 2. The quantitative estimate of drug-likeness (QED) is 0.895. The third-order valence-electron chi connectivity index (χ3n) is 5.26. The van der Waals surface area contributed by atoms with Crippen LogP contribution in [0.2, 0.25) is 0 Å². The molecule has 2 aliphatic rings. The summed E-state index contributed by atoms with van der Waals surface area (Å²) in [6.07, 6.45) is 1.62. The second-order valence-corrected chi connectivity index (χ2v) is 7.70. The van der Waals surface area contributed by atoms with E-state index in [-0.39, 0.29) is 35.6 Å². The Morgan fingerprint density at radius 2 is 2.15 bits per heavy atom. The van der Waals surface area contributed by atoms with E-state index in [1.54, 1.807) is 17.0 Å². The lowest BCUT2D eigenvalue weighted by molar-refractivity contribution is 0.0679. The van der Waals surface area contributed by atoms with E-state index < -0.39 is 5.82 Å². The fourth-order valence-electron chi connectivity index (χ4n) is 3.99. The molecule has 4 rings (SSSR count). The summed E-state index contributed by atoms with van der Waals surface area (Å²) in [4.78, 5) is 27.5. The fourth-order valence-corrected chi connectivity index (χ4v) is 4.62. The van der Waals surface area contributed by atoms with Gasteiger partial charge in [0.15, 0.2) is 11.6 Å². The highest BCUT2D eigenvalue weighted by molar-refractivity contribution is 7.12. The molecule has 2 heterocycles. The van der Waals surface area contributed by atoms with Gasteiger partial charge in [-0.15, -0.1) is 11.3 Å². The number of ether oxygens (including phenoxy) is 1. The standard InChI is InChI=1S/C19H19FN2O3S/c1-25-16-5-4-11(8-14(16)20)19(24)22-10-12-7-13(22)9-15(12)21-18(23)17-3-2-6-26-17/h2-6,8,12-13,15H,7,9-10H2,1H3,(H,21,23)/t12-,13-,15-/m0/s1. The van der Waals surface area contributed by atoms with E-state index >= 15 is 0 Å². The van der Waals surface area contributed by atoms with Crippen molar-refractivity contribution < 1.29 is 18.7 Å². The van der Waals surface area contributed by atoms with Crippen molar-refractivity contribution in [3.63, 3.8) is 0 Å². The van der Waals surface area contributed by atoms with E-state index in [9.17, 15) is 14.0 Å². The minimum absolute atomic E-state index is 0.0485. The van der Waals surface area contributed by atoms with Gasteiger partial charge in [0.25, 0.3) is 11.8 Å². The maximum absolute atomic E-state index is 13.9. The molecule has 1 aliphatic carbocycles. The lowest BCUT2D eigenvalue weighted by Crippen LogP contribution is -2.47. The number of nitrogens with zero attached hydrogens (tertiary/aromatic N) is 1. The van der Waals surface area contributed by atoms with E-state index in [1.807, 2.05) is 11.4 Å². The number of carbonyl (C=O) groups is 2. The summed E-state index contributed by atoms with van der Waals surface area (Å²) in [6.45, 7) is 0.590. The summed E-state index contributed by atoms with van der Waals surface area (Å²) in [5.74, 6) is -0.379. The Morgan fingerprint density at radius 1 is 1.31 bits per heavy atom. The van der Waals surface area contributed by atoms with Crippen LogP contribution < -0.4 is 10.1 Å². The number of halogens is 1. The molecule has 2 amide bonds. The summed E-state index contributed by atoms with van der Waals surface area (Å²) in [7, 11) is 1.39. The number of fused-ring (bicyclic) bond motifs is 2. The number of likely N-dealkylation sites (tertiary alicyclic amines) is 1. The van der Waals surface area contributed by atoms with Crippen LogP contribution in [0.15, 0.2) is 35.7 Å². The van der Waals surface area contributed by atoms with Crippen LogP contribution in [0.5, 0.6) is 5.75 Å². The van der Waals surface area contributed by atoms with Crippen LogP contribution in [0, 0.1) is 11.7 Å². The zero-order valence-electron chi connectivity index (χ0n) is 14.3. The van der Waals surface area contributed by atoms with Crippen molar-refractivity contribution in [3.8, 4) is 5.75 Å². The maximum Gasteiger partial charge on any atom is 0.261 e. The van der Waals surface area contributed by atoms with Gasteiger partial charge in [0.05, 0.1) is 12.0 Å². The summed E-state index contributed by atoms with van der Waals surface area (Å²) >= 11 is 1.42. The van der Waals surface area contributed by atoms with Crippen molar-refractivity contribution in [2.24, 2.45) is 5.92 Å². The smallest absolute Gasteiger partial charge is 0.261 e. The Balaban J connectivity index is 1.41. The Labute approximate surface area is 154 Å². The molecule has 1 saturated heterocycles. The first-order valence-corrected chi connectivity index (χ1v) is 9.43. The molecule has 26 heavy (non-hydrogen) atoms. The first-order valence-electron chi connectivity index (χ1n) is 8.55. The fraction of sp³-hybridized carbons (Fsp3) is 0.368. The van der Waals surface area contributed by atoms with Crippen LogP contribution in [-0.2, 0) is 0 Å². The van der Waals surface area contributed by atoms with Crippen molar-refractivity contribution in [1.29, 1.82) is 0 Å². The van der Waals surface area contributed by atoms with Gasteiger partial charge in [-0.05, 0) is 48.4 Å². The van der Waals surface area contributed by atoms with Crippen LogP contribution in [0.25, 0.3) is 0 Å². The Kier molecular flexibility index (Phi) is 4.40. The van der Waals surface area contributed by atoms with Gasteiger partial charge in [0.1, 0.15) is 0 Å². The van der Waals surface area contributed by atoms with Crippen LogP contribution in [0.3, 0.4) is 0 Å². The maximum atomic E-state index is 13.9. The molecule has 7 heteroatoms. The molecule has 1 aromatic carbocycles. The molecular formula is C19H19FN2O3S. The predicted molar refractivity (Wildman–Crippen MR) is 96.1 cm³/mol. The number of hydrogen-bond donors (Lipinski definition) is 1. The molecule has 1 aromatic heterocycles. The van der Waals surface area contributed by atoms with Crippen molar-refractivity contribution in [2.45, 2.75) is 24.9 Å². The number of carbonyl (C=O) groups excluding carboxylic acids is 2. The molecule has 0 spiro atoms. The van der Waals surface area contributed by atoms with E-state index in [1.165, 1.54) is 30.6 Å². The first kappa shape index (κ1) is 17.0. The van der Waals surface area contributed by atoms with Crippen molar-refractivity contribution >= 4 is 23.2 Å². The Bertz CT molecular complexity index is 839. The molecule has 0 unspecified atom stereocenters. The third kappa shape index (κ3) is 2.96. The topological polar surface area (TPSA) is 58.6 Å². The minimum Gasteiger partial charge on any atom is -0.494 e. The van der Waals surface area contributed by atoms with Gasteiger partial charge in [-0.1, -0.05) is 6.07 Å². The molecule has 2 fully saturated rings. The highest BCUT2D eigenvalue weighted by atomic mass is 32.1. The molecule has 136 valence electrons. The Hall–Kier alpha value is -2.41. The number of hydrogen-bond acceptors (Lipinski definition) is 4. The average Bonchev–Trinajstić information content (AvgIpc) is 3.37. The van der Waals surface area contributed by atoms with Crippen LogP contribution >= 0.6 is 11.3 Å². The number of methoxy groups -OCH3 is 1. The van der Waals surface area contributed by atoms with Crippen molar-refractivity contribution in [3.05, 3.63) is 52.0 Å². The second kappa shape index (κ2) is 6.72. The van der Waals surface area contributed by atoms with E-state index in [4.69, 9.17) is 4.74 Å². The van der Waals surface area contributed by atoms with Gasteiger partial charge in [-0.25, -0.2) is 4.39 Å². The molecule has 3 atom stereocenters. The van der Waals surface area contributed by atoms with Gasteiger partial charge >= 0.3 is 0 Å². The molecule has 1 saturated carbocycles. The second-order valence-electron chi connectivity index (χ2n) is 6.75.